The van der Waals surface area contributed by atoms with E-state index in [2.05, 4.69) is 15.4 Å². The number of hydrogen-bond donors (Lipinski definition) is 2. The van der Waals surface area contributed by atoms with E-state index in [4.69, 9.17) is 5.73 Å². The highest BCUT2D eigenvalue weighted by Gasteiger charge is 2.14. The SMILES string of the molecule is Nc1ccc(F)c(NC(=O)c2cnn3ccncc23)c1. The zero-order valence-electron chi connectivity index (χ0n) is 10.2. The molecule has 1 amide bonds. The van der Waals surface area contributed by atoms with Crippen molar-refractivity contribution in [3.63, 3.8) is 0 Å². The normalized spacial score (nSPS) is 10.7. The lowest BCUT2D eigenvalue weighted by atomic mass is 10.2. The maximum Gasteiger partial charge on any atom is 0.259 e. The molecule has 2 heterocycles. The molecule has 0 bridgehead atoms. The Hall–Kier alpha value is -2.96. The Morgan fingerprint density at radius 3 is 3.05 bits per heavy atom. The number of benzene rings is 1. The van der Waals surface area contributed by atoms with Crippen LogP contribution in [0, 0.1) is 5.82 Å². The standard InChI is InChI=1S/C13H10FN5O/c14-10-2-1-8(15)5-11(10)18-13(20)9-6-17-19-4-3-16-7-12(9)19/h1-7H,15H2,(H,18,20). The molecule has 3 rings (SSSR count). The van der Waals surface area contributed by atoms with Crippen LogP contribution in [0.25, 0.3) is 5.52 Å². The molecule has 3 N–H and O–H groups in total. The van der Waals surface area contributed by atoms with Gasteiger partial charge in [-0.15, -0.1) is 0 Å². The molecule has 0 unspecified atom stereocenters. The molecule has 6 nitrogen and oxygen atoms in total. The van der Waals surface area contributed by atoms with Crippen LogP contribution >= 0.6 is 0 Å². The Morgan fingerprint density at radius 1 is 1.35 bits per heavy atom. The van der Waals surface area contributed by atoms with Gasteiger partial charge < -0.3 is 11.1 Å². The summed E-state index contributed by atoms with van der Waals surface area (Å²) in [6.07, 6.45) is 6.08. The lowest BCUT2D eigenvalue weighted by Crippen LogP contribution is -2.13. The Balaban J connectivity index is 1.95. The van der Waals surface area contributed by atoms with Gasteiger partial charge in [-0.25, -0.2) is 8.91 Å². The number of halogens is 1. The van der Waals surface area contributed by atoms with Crippen LogP contribution in [-0.2, 0) is 0 Å². The number of aromatic nitrogens is 3. The fraction of sp³-hybridized carbons (Fsp3) is 0. The van der Waals surface area contributed by atoms with Crippen molar-refractivity contribution in [1.82, 2.24) is 14.6 Å². The van der Waals surface area contributed by atoms with E-state index in [1.54, 1.807) is 12.4 Å². The van der Waals surface area contributed by atoms with E-state index in [0.29, 0.717) is 16.8 Å². The van der Waals surface area contributed by atoms with Crippen LogP contribution in [0.1, 0.15) is 10.4 Å². The molecule has 0 aliphatic rings. The smallest absolute Gasteiger partial charge is 0.259 e. The molecule has 0 saturated heterocycles. The Morgan fingerprint density at radius 2 is 2.20 bits per heavy atom. The van der Waals surface area contributed by atoms with Crippen LogP contribution < -0.4 is 11.1 Å². The predicted octanol–water partition coefficient (Wildman–Crippen LogP) is 1.70. The topological polar surface area (TPSA) is 85.3 Å². The molecule has 0 spiro atoms. The van der Waals surface area contributed by atoms with Crippen LogP contribution in [0.2, 0.25) is 0 Å². The summed E-state index contributed by atoms with van der Waals surface area (Å²) >= 11 is 0. The van der Waals surface area contributed by atoms with Crippen molar-refractivity contribution in [2.75, 3.05) is 11.1 Å². The van der Waals surface area contributed by atoms with Gasteiger partial charge in [-0.1, -0.05) is 0 Å². The van der Waals surface area contributed by atoms with Gasteiger partial charge in [0.05, 0.1) is 29.2 Å². The van der Waals surface area contributed by atoms with Crippen molar-refractivity contribution in [2.24, 2.45) is 0 Å². The van der Waals surface area contributed by atoms with Crippen LogP contribution in [-0.4, -0.2) is 20.5 Å². The van der Waals surface area contributed by atoms with Crippen LogP contribution in [0.4, 0.5) is 15.8 Å². The minimum Gasteiger partial charge on any atom is -0.399 e. The molecule has 0 atom stereocenters. The third kappa shape index (κ3) is 2.05. The summed E-state index contributed by atoms with van der Waals surface area (Å²) in [7, 11) is 0. The van der Waals surface area contributed by atoms with Crippen molar-refractivity contribution in [2.45, 2.75) is 0 Å². The van der Waals surface area contributed by atoms with Gasteiger partial charge in [-0.3, -0.25) is 9.78 Å². The molecule has 0 aliphatic carbocycles. The number of anilines is 2. The maximum absolute atomic E-state index is 13.6. The summed E-state index contributed by atoms with van der Waals surface area (Å²) < 4.78 is 15.1. The highest BCUT2D eigenvalue weighted by Crippen LogP contribution is 2.19. The van der Waals surface area contributed by atoms with Crippen LogP contribution in [0.15, 0.2) is 43.0 Å². The Bertz CT molecular complexity index is 798. The van der Waals surface area contributed by atoms with Crippen molar-refractivity contribution in [3.05, 3.63) is 54.4 Å². The Labute approximate surface area is 113 Å². The molecular weight excluding hydrogens is 261 g/mol. The number of nitrogens with zero attached hydrogens (tertiary/aromatic N) is 3. The number of rotatable bonds is 2. The molecule has 7 heteroatoms. The highest BCUT2D eigenvalue weighted by molar-refractivity contribution is 6.08. The first-order valence-corrected chi connectivity index (χ1v) is 5.79. The zero-order chi connectivity index (χ0) is 14.1. The molecule has 0 fully saturated rings. The second-order valence-corrected chi connectivity index (χ2v) is 4.16. The number of fused-ring (bicyclic) bond motifs is 1. The molecule has 0 aliphatic heterocycles. The van der Waals surface area contributed by atoms with Crippen LogP contribution in [0.5, 0.6) is 0 Å². The van der Waals surface area contributed by atoms with Crippen molar-refractivity contribution < 1.29 is 9.18 Å². The fourth-order valence-corrected chi connectivity index (χ4v) is 1.84. The summed E-state index contributed by atoms with van der Waals surface area (Å²) in [6.45, 7) is 0. The second kappa shape index (κ2) is 4.61. The average Bonchev–Trinajstić information content (AvgIpc) is 2.87. The lowest BCUT2D eigenvalue weighted by molar-refractivity contribution is 0.102. The van der Waals surface area contributed by atoms with E-state index in [0.717, 1.165) is 0 Å². The van der Waals surface area contributed by atoms with Gasteiger partial charge in [0.1, 0.15) is 5.82 Å². The molecule has 0 radical (unpaired) electrons. The fourth-order valence-electron chi connectivity index (χ4n) is 1.84. The predicted molar refractivity (Wildman–Crippen MR) is 71.8 cm³/mol. The van der Waals surface area contributed by atoms with Gasteiger partial charge in [0.15, 0.2) is 0 Å². The van der Waals surface area contributed by atoms with Gasteiger partial charge in [0.2, 0.25) is 0 Å². The van der Waals surface area contributed by atoms with E-state index < -0.39 is 11.7 Å². The number of carbonyl (C=O) groups is 1. The van der Waals surface area contributed by atoms with Crippen molar-refractivity contribution >= 4 is 22.8 Å². The number of nitrogen functional groups attached to an aromatic ring is 1. The molecule has 20 heavy (non-hydrogen) atoms. The summed E-state index contributed by atoms with van der Waals surface area (Å²) in [5.41, 5.74) is 6.80. The molecule has 3 aromatic rings. The first-order chi connectivity index (χ1) is 9.65. The highest BCUT2D eigenvalue weighted by atomic mass is 19.1. The minimum atomic E-state index is -0.554. The van der Waals surface area contributed by atoms with Crippen LogP contribution in [0.3, 0.4) is 0 Å². The maximum atomic E-state index is 13.6. The zero-order valence-corrected chi connectivity index (χ0v) is 10.2. The summed E-state index contributed by atoms with van der Waals surface area (Å²) in [5, 5.41) is 6.49. The van der Waals surface area contributed by atoms with E-state index in [1.807, 2.05) is 0 Å². The van der Waals surface area contributed by atoms with E-state index >= 15 is 0 Å². The van der Waals surface area contributed by atoms with Gasteiger partial charge in [-0.05, 0) is 18.2 Å². The molecule has 100 valence electrons. The van der Waals surface area contributed by atoms with Crippen molar-refractivity contribution in [1.29, 1.82) is 0 Å². The van der Waals surface area contributed by atoms with Gasteiger partial charge in [0.25, 0.3) is 5.91 Å². The van der Waals surface area contributed by atoms with Gasteiger partial charge in [-0.2, -0.15) is 5.10 Å². The third-order valence-corrected chi connectivity index (χ3v) is 2.81. The number of amides is 1. The number of nitrogens with two attached hydrogens (primary N) is 1. The summed E-state index contributed by atoms with van der Waals surface area (Å²) in [5.74, 6) is -1.03. The third-order valence-electron chi connectivity index (χ3n) is 2.81. The Kier molecular flexibility index (Phi) is 2.79. The molecular formula is C13H10FN5O. The number of nitrogens with one attached hydrogen (secondary N) is 1. The average molecular weight is 271 g/mol. The second-order valence-electron chi connectivity index (χ2n) is 4.16. The number of hydrogen-bond acceptors (Lipinski definition) is 4. The first-order valence-electron chi connectivity index (χ1n) is 5.79. The largest absolute Gasteiger partial charge is 0.399 e. The van der Waals surface area contributed by atoms with E-state index in [-0.39, 0.29) is 5.69 Å². The van der Waals surface area contributed by atoms with Gasteiger partial charge >= 0.3 is 0 Å². The lowest BCUT2D eigenvalue weighted by Gasteiger charge is -2.06. The molecule has 2 aromatic heterocycles. The molecule has 1 aromatic carbocycles. The number of carbonyl (C=O) groups excluding carboxylic acids is 1. The molecule has 0 saturated carbocycles. The van der Waals surface area contributed by atoms with E-state index in [1.165, 1.54) is 35.1 Å². The monoisotopic (exact) mass is 271 g/mol. The van der Waals surface area contributed by atoms with Gasteiger partial charge in [0, 0.05) is 18.1 Å². The minimum absolute atomic E-state index is 0.0261. The van der Waals surface area contributed by atoms with E-state index in [9.17, 15) is 9.18 Å². The summed E-state index contributed by atoms with van der Waals surface area (Å²) in [6, 6.07) is 3.98. The first kappa shape index (κ1) is 12.1. The quantitative estimate of drug-likeness (QED) is 0.695. The van der Waals surface area contributed by atoms with Crippen molar-refractivity contribution in [3.8, 4) is 0 Å². The summed E-state index contributed by atoms with van der Waals surface area (Å²) in [4.78, 5) is 16.1.